The van der Waals surface area contributed by atoms with Gasteiger partial charge in [-0.05, 0) is 41.5 Å². The first-order valence-corrected chi connectivity index (χ1v) is 9.97. The van der Waals surface area contributed by atoms with Gasteiger partial charge in [0.05, 0.1) is 34.5 Å². The van der Waals surface area contributed by atoms with Crippen molar-refractivity contribution in [3.8, 4) is 45.6 Å². The first-order valence-electron chi connectivity index (χ1n) is 9.97. The van der Waals surface area contributed by atoms with Gasteiger partial charge in [0.1, 0.15) is 0 Å². The second-order valence-corrected chi connectivity index (χ2v) is 7.77. The molecule has 0 unspecified atom stereocenters. The number of aliphatic hydroxyl groups excluding tert-OH is 1. The van der Waals surface area contributed by atoms with E-state index in [4.69, 9.17) is 28.4 Å². The lowest BCUT2D eigenvalue weighted by Gasteiger charge is -2.33. The number of fused-ring (bicyclic) bond motifs is 4. The number of hydrogen-bond acceptors (Lipinski definition) is 7. The van der Waals surface area contributed by atoms with Crippen molar-refractivity contribution in [1.82, 2.24) is 0 Å². The molecule has 1 aliphatic heterocycles. The molecule has 0 spiro atoms. The summed E-state index contributed by atoms with van der Waals surface area (Å²) in [6, 6.07) is 3.82. The Morgan fingerprint density at radius 1 is 0.867 bits per heavy atom. The van der Waals surface area contributed by atoms with Crippen LogP contribution < -0.4 is 28.4 Å². The standard InChI is InChI=1S/C23H28O7/c1-11-7-13-8-16-21(30-10-29-16)22(27-5)17(13)18-14(19(24)12(11)2)9-15(25-3)20(26-4)23(18)28-6/h8-9,11-12,19,24H,7,10H2,1-6H3/t11-,12-,19+/m1/s1. The molecule has 162 valence electrons. The minimum Gasteiger partial charge on any atom is -0.493 e. The van der Waals surface area contributed by atoms with Crippen molar-refractivity contribution in [2.24, 2.45) is 11.8 Å². The fourth-order valence-corrected chi connectivity index (χ4v) is 4.49. The molecular formula is C23H28O7. The Hall–Kier alpha value is -2.80. The second-order valence-electron chi connectivity index (χ2n) is 7.77. The second kappa shape index (κ2) is 7.80. The number of methoxy groups -OCH3 is 4. The number of aliphatic hydroxyl groups is 1. The van der Waals surface area contributed by atoms with E-state index in [1.807, 2.05) is 12.1 Å². The van der Waals surface area contributed by atoms with Gasteiger partial charge in [0.25, 0.3) is 0 Å². The first-order chi connectivity index (χ1) is 14.5. The largest absolute Gasteiger partial charge is 0.493 e. The minimum absolute atomic E-state index is 0.00359. The Bertz CT molecular complexity index is 969. The van der Waals surface area contributed by atoms with Gasteiger partial charge < -0.3 is 33.5 Å². The molecule has 2 aliphatic rings. The predicted octanol–water partition coefficient (Wildman–Crippen LogP) is 3.98. The third kappa shape index (κ3) is 2.91. The molecule has 2 aromatic rings. The van der Waals surface area contributed by atoms with Crippen LogP contribution in [0.5, 0.6) is 34.5 Å². The molecule has 0 amide bonds. The molecule has 3 atom stereocenters. The topological polar surface area (TPSA) is 75.6 Å². The molecule has 1 aliphatic carbocycles. The molecule has 7 heteroatoms. The highest BCUT2D eigenvalue weighted by atomic mass is 16.7. The maximum Gasteiger partial charge on any atom is 0.231 e. The van der Waals surface area contributed by atoms with Crippen LogP contribution in [0.15, 0.2) is 12.1 Å². The molecule has 1 heterocycles. The van der Waals surface area contributed by atoms with E-state index >= 15 is 0 Å². The Morgan fingerprint density at radius 3 is 2.20 bits per heavy atom. The van der Waals surface area contributed by atoms with Crippen molar-refractivity contribution in [3.05, 3.63) is 23.3 Å². The average Bonchev–Trinajstić information content (AvgIpc) is 3.23. The Balaban J connectivity index is 2.16. The molecule has 2 aromatic carbocycles. The van der Waals surface area contributed by atoms with Gasteiger partial charge in [-0.1, -0.05) is 13.8 Å². The van der Waals surface area contributed by atoms with Crippen LogP contribution >= 0.6 is 0 Å². The van der Waals surface area contributed by atoms with Gasteiger partial charge in [-0.25, -0.2) is 0 Å². The summed E-state index contributed by atoms with van der Waals surface area (Å²) >= 11 is 0. The molecule has 0 radical (unpaired) electrons. The number of hydrogen-bond donors (Lipinski definition) is 1. The molecule has 0 saturated carbocycles. The summed E-state index contributed by atoms with van der Waals surface area (Å²) in [6.07, 6.45) is 0.00399. The Labute approximate surface area is 176 Å². The van der Waals surface area contributed by atoms with Crippen molar-refractivity contribution >= 4 is 0 Å². The van der Waals surface area contributed by atoms with E-state index in [1.54, 1.807) is 28.4 Å². The van der Waals surface area contributed by atoms with E-state index in [0.717, 1.165) is 17.5 Å². The van der Waals surface area contributed by atoms with Crippen LogP contribution in [0.1, 0.15) is 31.1 Å². The van der Waals surface area contributed by atoms with Crippen LogP contribution in [-0.4, -0.2) is 40.3 Å². The summed E-state index contributed by atoms with van der Waals surface area (Å²) in [6.45, 7) is 4.33. The van der Waals surface area contributed by atoms with Crippen LogP contribution in [0.3, 0.4) is 0 Å². The number of rotatable bonds is 4. The summed E-state index contributed by atoms with van der Waals surface area (Å²) < 4.78 is 34.2. The Kier molecular flexibility index (Phi) is 5.32. The van der Waals surface area contributed by atoms with Crippen LogP contribution in [0.25, 0.3) is 11.1 Å². The van der Waals surface area contributed by atoms with Crippen LogP contribution in [0, 0.1) is 11.8 Å². The van der Waals surface area contributed by atoms with E-state index in [1.165, 1.54) is 0 Å². The van der Waals surface area contributed by atoms with Crippen molar-refractivity contribution in [2.75, 3.05) is 35.2 Å². The lowest BCUT2D eigenvalue weighted by Crippen LogP contribution is -2.22. The molecule has 30 heavy (non-hydrogen) atoms. The predicted molar refractivity (Wildman–Crippen MR) is 111 cm³/mol. The molecular weight excluding hydrogens is 388 g/mol. The SMILES string of the molecule is COc1cc2c(c(OC)c1OC)-c1c(cc3c(c1OC)OCO3)C[C@@H](C)[C@@H](C)[C@@H]2O. The van der Waals surface area contributed by atoms with Crippen LogP contribution in [0.2, 0.25) is 0 Å². The first kappa shape index (κ1) is 20.5. The van der Waals surface area contributed by atoms with Gasteiger partial charge in [0.15, 0.2) is 23.0 Å². The normalized spacial score (nSPS) is 21.8. The highest BCUT2D eigenvalue weighted by molar-refractivity contribution is 5.88. The zero-order valence-electron chi connectivity index (χ0n) is 18.2. The molecule has 7 nitrogen and oxygen atoms in total. The van der Waals surface area contributed by atoms with Crippen LogP contribution in [-0.2, 0) is 6.42 Å². The highest BCUT2D eigenvalue weighted by Gasteiger charge is 2.37. The van der Waals surface area contributed by atoms with E-state index in [9.17, 15) is 5.11 Å². The fourth-order valence-electron chi connectivity index (χ4n) is 4.49. The van der Waals surface area contributed by atoms with Crippen molar-refractivity contribution in [1.29, 1.82) is 0 Å². The number of ether oxygens (including phenoxy) is 6. The molecule has 4 rings (SSSR count). The van der Waals surface area contributed by atoms with Gasteiger partial charge in [0, 0.05) is 11.1 Å². The van der Waals surface area contributed by atoms with Crippen molar-refractivity contribution in [2.45, 2.75) is 26.4 Å². The average molecular weight is 416 g/mol. The quantitative estimate of drug-likeness (QED) is 0.808. The summed E-state index contributed by atoms with van der Waals surface area (Å²) in [5, 5.41) is 11.3. The van der Waals surface area contributed by atoms with Crippen molar-refractivity contribution in [3.63, 3.8) is 0 Å². The van der Waals surface area contributed by atoms with E-state index < -0.39 is 6.10 Å². The van der Waals surface area contributed by atoms with Gasteiger partial charge in [-0.15, -0.1) is 0 Å². The van der Waals surface area contributed by atoms with Gasteiger partial charge in [-0.2, -0.15) is 0 Å². The summed E-state index contributed by atoms with van der Waals surface area (Å²) in [4.78, 5) is 0. The maximum atomic E-state index is 11.3. The maximum absolute atomic E-state index is 11.3. The number of benzene rings is 2. The third-order valence-electron chi connectivity index (χ3n) is 6.27. The van der Waals surface area contributed by atoms with Crippen molar-refractivity contribution < 1.29 is 33.5 Å². The van der Waals surface area contributed by atoms with E-state index in [2.05, 4.69) is 13.8 Å². The minimum atomic E-state index is -0.730. The Morgan fingerprint density at radius 2 is 1.57 bits per heavy atom. The zero-order chi connectivity index (χ0) is 21.6. The van der Waals surface area contributed by atoms with E-state index in [-0.39, 0.29) is 18.6 Å². The fraction of sp³-hybridized carbons (Fsp3) is 0.478. The van der Waals surface area contributed by atoms with Crippen LogP contribution in [0.4, 0.5) is 0 Å². The smallest absolute Gasteiger partial charge is 0.231 e. The molecule has 0 bridgehead atoms. The molecule has 0 saturated heterocycles. The summed E-state index contributed by atoms with van der Waals surface area (Å²) in [7, 11) is 6.31. The van der Waals surface area contributed by atoms with Gasteiger partial charge in [-0.3, -0.25) is 0 Å². The summed E-state index contributed by atoms with van der Waals surface area (Å²) in [5.41, 5.74) is 3.26. The third-order valence-corrected chi connectivity index (χ3v) is 6.27. The molecule has 0 fully saturated rings. The van der Waals surface area contributed by atoms with E-state index in [0.29, 0.717) is 45.6 Å². The monoisotopic (exact) mass is 416 g/mol. The lowest BCUT2D eigenvalue weighted by atomic mass is 9.76. The summed E-state index contributed by atoms with van der Waals surface area (Å²) in [5.74, 6) is 3.40. The molecule has 1 N–H and O–H groups in total. The van der Waals surface area contributed by atoms with Gasteiger partial charge in [0.2, 0.25) is 18.3 Å². The highest BCUT2D eigenvalue weighted by Crippen LogP contribution is 2.57. The lowest BCUT2D eigenvalue weighted by molar-refractivity contribution is 0.0863. The van der Waals surface area contributed by atoms with Gasteiger partial charge >= 0.3 is 0 Å². The zero-order valence-corrected chi connectivity index (χ0v) is 18.2. The molecule has 0 aromatic heterocycles.